The van der Waals surface area contributed by atoms with Crippen LogP contribution in [0.3, 0.4) is 0 Å². The van der Waals surface area contributed by atoms with Crippen molar-refractivity contribution < 1.29 is 99.2 Å². The SMILES string of the molecule is O=c1c(O[C@H]2O[C@H](CO)[C@H](O)[C@@H](O)[C@H]2O[C@H]2O[C@H](CO)[C@H](O)[C@@H](O)[C@H]2O)c(-c2ccc(O)cc2)oc2cc(O[C@H]3O[C@H](CO)[C@H](O)[C@@H](O)[C@H]3O)cc(O)c12. The molecule has 13 N–H and O–H groups in total. The Morgan fingerprint density at radius 2 is 1.11 bits per heavy atom. The van der Waals surface area contributed by atoms with Gasteiger partial charge in [-0.05, 0) is 24.3 Å². The zero-order valence-electron chi connectivity index (χ0n) is 27.8. The highest BCUT2D eigenvalue weighted by Crippen LogP contribution is 2.39. The summed E-state index contributed by atoms with van der Waals surface area (Å²) in [7, 11) is 0. The molecule has 3 aliphatic heterocycles. The maximum Gasteiger partial charge on any atom is 0.239 e. The van der Waals surface area contributed by atoms with E-state index in [2.05, 4.69) is 0 Å². The van der Waals surface area contributed by atoms with Gasteiger partial charge < -0.3 is 99.2 Å². The molecule has 3 fully saturated rings. The number of hydrogen-bond donors (Lipinski definition) is 13. The van der Waals surface area contributed by atoms with Gasteiger partial charge in [0.2, 0.25) is 23.8 Å². The Kier molecular flexibility index (Phi) is 11.9. The Morgan fingerprint density at radius 1 is 0.593 bits per heavy atom. The molecule has 298 valence electrons. The largest absolute Gasteiger partial charge is 0.508 e. The number of aromatic hydroxyl groups is 2. The topological polar surface area (TPSA) is 349 Å². The lowest BCUT2D eigenvalue weighted by atomic mass is 9.97. The first-order valence-electron chi connectivity index (χ1n) is 16.5. The van der Waals surface area contributed by atoms with E-state index in [0.29, 0.717) is 0 Å². The molecular weight excluding hydrogens is 732 g/mol. The fourth-order valence-electron chi connectivity index (χ4n) is 6.28. The van der Waals surface area contributed by atoms with Crippen molar-refractivity contribution in [3.8, 4) is 34.3 Å². The van der Waals surface area contributed by atoms with Crippen LogP contribution in [0.5, 0.6) is 23.0 Å². The number of hydrogen-bond acceptors (Lipinski definition) is 21. The number of rotatable bonds is 10. The van der Waals surface area contributed by atoms with Crippen LogP contribution in [0, 0.1) is 0 Å². The molecule has 3 aliphatic rings. The monoisotopic (exact) mass is 772 g/mol. The normalized spacial score (nSPS) is 37.3. The zero-order chi connectivity index (χ0) is 39.2. The molecule has 0 unspecified atom stereocenters. The Hall–Kier alpha value is -3.75. The summed E-state index contributed by atoms with van der Waals surface area (Å²) >= 11 is 0. The molecule has 0 radical (unpaired) electrons. The van der Waals surface area contributed by atoms with Crippen molar-refractivity contribution in [3.05, 3.63) is 46.6 Å². The maximum absolute atomic E-state index is 14.2. The maximum atomic E-state index is 14.2. The van der Waals surface area contributed by atoms with Crippen molar-refractivity contribution >= 4 is 11.0 Å². The lowest BCUT2D eigenvalue weighted by molar-refractivity contribution is -0.358. The molecular formula is C33H40O21. The molecule has 0 saturated carbocycles. The summed E-state index contributed by atoms with van der Waals surface area (Å²) in [6.07, 6.45) is -26.7. The minimum Gasteiger partial charge on any atom is -0.508 e. The average molecular weight is 773 g/mol. The van der Waals surface area contributed by atoms with Crippen molar-refractivity contribution in [1.82, 2.24) is 0 Å². The first-order valence-corrected chi connectivity index (χ1v) is 16.5. The van der Waals surface area contributed by atoms with Gasteiger partial charge in [-0.25, -0.2) is 0 Å². The van der Waals surface area contributed by atoms with Crippen LogP contribution in [0.2, 0.25) is 0 Å². The van der Waals surface area contributed by atoms with Gasteiger partial charge in [-0.15, -0.1) is 0 Å². The summed E-state index contributed by atoms with van der Waals surface area (Å²) in [5, 5.41) is 133. The van der Waals surface area contributed by atoms with E-state index in [0.717, 1.165) is 12.1 Å². The van der Waals surface area contributed by atoms with Crippen molar-refractivity contribution in [2.75, 3.05) is 19.8 Å². The number of phenolic OH excluding ortho intramolecular Hbond substituents is 2. The van der Waals surface area contributed by atoms with Crippen LogP contribution in [0.1, 0.15) is 0 Å². The molecule has 4 heterocycles. The smallest absolute Gasteiger partial charge is 0.239 e. The van der Waals surface area contributed by atoms with Gasteiger partial charge in [0.05, 0.1) is 19.8 Å². The van der Waals surface area contributed by atoms with Gasteiger partial charge in [0.1, 0.15) is 95.4 Å². The second kappa shape index (κ2) is 16.2. The average Bonchev–Trinajstić information content (AvgIpc) is 3.15. The lowest BCUT2D eigenvalue weighted by Gasteiger charge is -2.45. The fourth-order valence-corrected chi connectivity index (χ4v) is 6.28. The van der Waals surface area contributed by atoms with E-state index in [4.69, 9.17) is 32.8 Å². The first kappa shape index (κ1) is 39.9. The van der Waals surface area contributed by atoms with E-state index in [1.165, 1.54) is 24.3 Å². The molecule has 15 atom stereocenters. The lowest BCUT2D eigenvalue weighted by Crippen LogP contribution is -2.65. The highest BCUT2D eigenvalue weighted by Gasteiger charge is 2.52. The van der Waals surface area contributed by atoms with Crippen LogP contribution in [0.4, 0.5) is 0 Å². The first-order chi connectivity index (χ1) is 25.7. The van der Waals surface area contributed by atoms with E-state index in [9.17, 15) is 71.2 Å². The standard InChI is InChI=1S/C33H40O21/c34-7-15-19(39)23(43)26(46)31(50-15)48-12-5-13(38)18-14(6-12)49-28(10-1-3-11(37)4-2-10)29(22(18)42)53-33-30(25(45)21(41)17(9-36)52-33)54-32-27(47)24(44)20(40)16(8-35)51-32/h1-6,15-17,19-21,23-27,30-41,43-47H,7-9H2/t15-,16-,17-,19+,20+,21+,23-,24-,25-,26-,27-,30-,31+,32-,33-/m1/s1. The molecule has 21 nitrogen and oxygen atoms in total. The van der Waals surface area contributed by atoms with Gasteiger partial charge >= 0.3 is 0 Å². The van der Waals surface area contributed by atoms with Crippen molar-refractivity contribution in [2.45, 2.75) is 92.1 Å². The van der Waals surface area contributed by atoms with Crippen LogP contribution in [-0.2, 0) is 18.9 Å². The molecule has 0 amide bonds. The van der Waals surface area contributed by atoms with E-state index in [1.54, 1.807) is 0 Å². The quantitative estimate of drug-likeness (QED) is 0.0918. The molecule has 2 aromatic carbocycles. The van der Waals surface area contributed by atoms with E-state index < -0.39 is 140 Å². The molecule has 0 bridgehead atoms. The predicted molar refractivity (Wildman–Crippen MR) is 173 cm³/mol. The van der Waals surface area contributed by atoms with Crippen LogP contribution in [-0.4, -0.2) is 178 Å². The molecule has 3 saturated heterocycles. The predicted octanol–water partition coefficient (Wildman–Crippen LogP) is -4.95. The minimum atomic E-state index is -2.01. The summed E-state index contributed by atoms with van der Waals surface area (Å²) in [4.78, 5) is 14.2. The molecule has 1 aromatic heterocycles. The van der Waals surface area contributed by atoms with Gasteiger partial charge in [0, 0.05) is 17.7 Å². The number of aliphatic hydroxyl groups excluding tert-OH is 11. The molecule has 54 heavy (non-hydrogen) atoms. The van der Waals surface area contributed by atoms with Crippen molar-refractivity contribution in [3.63, 3.8) is 0 Å². The summed E-state index contributed by atoms with van der Waals surface area (Å²) in [6, 6.07) is 7.07. The Morgan fingerprint density at radius 3 is 1.69 bits per heavy atom. The molecule has 0 spiro atoms. The Labute approximate surface area is 303 Å². The fraction of sp³-hybridized carbons (Fsp3) is 0.545. The number of phenols is 2. The number of ether oxygens (including phenoxy) is 6. The number of fused-ring (bicyclic) bond motifs is 1. The van der Waals surface area contributed by atoms with Crippen molar-refractivity contribution in [1.29, 1.82) is 0 Å². The number of benzene rings is 2. The third-order valence-corrected chi connectivity index (χ3v) is 9.33. The van der Waals surface area contributed by atoms with Crippen molar-refractivity contribution in [2.24, 2.45) is 0 Å². The molecule has 6 rings (SSSR count). The zero-order valence-corrected chi connectivity index (χ0v) is 27.8. The second-order valence-electron chi connectivity index (χ2n) is 12.9. The van der Waals surface area contributed by atoms with Gasteiger partial charge in [0.25, 0.3) is 0 Å². The summed E-state index contributed by atoms with van der Waals surface area (Å²) in [5.41, 5.74) is -1.38. The van der Waals surface area contributed by atoms with Gasteiger partial charge in [-0.1, -0.05) is 0 Å². The number of aliphatic hydroxyl groups is 11. The van der Waals surface area contributed by atoms with E-state index in [-0.39, 0.29) is 22.6 Å². The Balaban J connectivity index is 1.41. The second-order valence-corrected chi connectivity index (χ2v) is 12.9. The minimum absolute atomic E-state index is 0.0723. The van der Waals surface area contributed by atoms with E-state index in [1.807, 2.05) is 0 Å². The van der Waals surface area contributed by atoms with Gasteiger partial charge in [-0.2, -0.15) is 0 Å². The summed E-state index contributed by atoms with van der Waals surface area (Å²) in [5.74, 6) is -2.38. The molecule has 3 aromatic rings. The Bertz CT molecular complexity index is 1800. The third-order valence-electron chi connectivity index (χ3n) is 9.33. The summed E-state index contributed by atoms with van der Waals surface area (Å²) < 4.78 is 39.6. The van der Waals surface area contributed by atoms with Crippen LogP contribution < -0.4 is 14.9 Å². The summed E-state index contributed by atoms with van der Waals surface area (Å²) in [6.45, 7) is -2.48. The van der Waals surface area contributed by atoms with Crippen LogP contribution in [0.25, 0.3) is 22.3 Å². The highest BCUT2D eigenvalue weighted by molar-refractivity contribution is 5.88. The van der Waals surface area contributed by atoms with Crippen LogP contribution >= 0.6 is 0 Å². The van der Waals surface area contributed by atoms with E-state index >= 15 is 0 Å². The van der Waals surface area contributed by atoms with Gasteiger partial charge in [-0.3, -0.25) is 4.79 Å². The third kappa shape index (κ3) is 7.45. The van der Waals surface area contributed by atoms with Gasteiger partial charge in [0.15, 0.2) is 18.2 Å². The molecule has 21 heteroatoms. The van der Waals surface area contributed by atoms with Crippen LogP contribution in [0.15, 0.2) is 45.6 Å². The highest BCUT2D eigenvalue weighted by atomic mass is 16.8. The molecule has 0 aliphatic carbocycles.